The minimum absolute atomic E-state index is 0.0286. The largest absolute Gasteiger partial charge is 0.481 e. The third kappa shape index (κ3) is 1.80. The second kappa shape index (κ2) is 5.07. The molecule has 22 heavy (non-hydrogen) atoms. The Kier molecular flexibility index (Phi) is 3.27. The van der Waals surface area contributed by atoms with Crippen molar-refractivity contribution in [1.29, 1.82) is 0 Å². The van der Waals surface area contributed by atoms with Gasteiger partial charge in [0.2, 0.25) is 0 Å². The first-order valence-electron chi connectivity index (χ1n) is 8.30. The summed E-state index contributed by atoms with van der Waals surface area (Å²) in [5.41, 5.74) is 3.34. The van der Waals surface area contributed by atoms with Crippen LogP contribution in [0.5, 0.6) is 5.75 Å². The Bertz CT molecular complexity index is 627. The van der Waals surface area contributed by atoms with Gasteiger partial charge in [0.05, 0.1) is 6.61 Å². The molecule has 1 aliphatic heterocycles. The standard InChI is InChI=1S/C18H23NO3/c1-3-19(2)13-8-10-4-5-11(9-20)17-15(10)16-12(13)6-7-14(21)18(16)22-17/h4-5,12-13,16,18,20H,3,6-9H2,1-2H3/t12-,13?,16?,18-/m0/s1. The van der Waals surface area contributed by atoms with Gasteiger partial charge in [0.1, 0.15) is 5.75 Å². The highest BCUT2D eigenvalue weighted by Crippen LogP contribution is 2.54. The molecule has 4 nitrogen and oxygen atoms in total. The number of aliphatic hydroxyl groups excluding tert-OH is 1. The van der Waals surface area contributed by atoms with Gasteiger partial charge in [-0.25, -0.2) is 0 Å². The lowest BCUT2D eigenvalue weighted by atomic mass is 9.64. The van der Waals surface area contributed by atoms with Crippen molar-refractivity contribution in [3.63, 3.8) is 0 Å². The van der Waals surface area contributed by atoms with Gasteiger partial charge < -0.3 is 14.7 Å². The Balaban J connectivity index is 1.86. The van der Waals surface area contributed by atoms with Crippen LogP contribution < -0.4 is 4.74 Å². The minimum atomic E-state index is -0.326. The van der Waals surface area contributed by atoms with Crippen LogP contribution in [0.2, 0.25) is 0 Å². The van der Waals surface area contributed by atoms with Gasteiger partial charge in [-0.05, 0) is 37.9 Å². The van der Waals surface area contributed by atoms with Crippen molar-refractivity contribution in [3.05, 3.63) is 28.8 Å². The normalized spacial score (nSPS) is 32.1. The third-order valence-corrected chi connectivity index (χ3v) is 5.93. The van der Waals surface area contributed by atoms with Crippen LogP contribution in [-0.2, 0) is 17.8 Å². The summed E-state index contributed by atoms with van der Waals surface area (Å²) in [6.07, 6.45) is 2.27. The number of hydrogen-bond acceptors (Lipinski definition) is 4. The number of carbonyl (C=O) groups excluding carboxylic acids is 1. The molecule has 4 rings (SSSR count). The van der Waals surface area contributed by atoms with E-state index in [-0.39, 0.29) is 24.4 Å². The molecule has 1 aromatic carbocycles. The number of nitrogens with zero attached hydrogens (tertiary/aromatic N) is 1. The Morgan fingerprint density at radius 1 is 1.41 bits per heavy atom. The van der Waals surface area contributed by atoms with Crippen LogP contribution in [0, 0.1) is 5.92 Å². The van der Waals surface area contributed by atoms with Crippen LogP contribution in [0.4, 0.5) is 0 Å². The van der Waals surface area contributed by atoms with Crippen LogP contribution in [0.15, 0.2) is 12.1 Å². The first-order chi connectivity index (χ1) is 10.7. The molecule has 1 aromatic rings. The Morgan fingerprint density at radius 2 is 2.23 bits per heavy atom. The molecule has 0 amide bonds. The number of ketones is 1. The number of benzene rings is 1. The highest BCUT2D eigenvalue weighted by Gasteiger charge is 2.53. The SMILES string of the molecule is CCN(C)C1Cc2ccc(CO)c3c2C2[C@H]1CCC(=O)[C@@H]2O3. The lowest BCUT2D eigenvalue weighted by Crippen LogP contribution is -2.50. The molecule has 2 aliphatic carbocycles. The van der Waals surface area contributed by atoms with E-state index in [9.17, 15) is 9.90 Å². The van der Waals surface area contributed by atoms with Gasteiger partial charge in [-0.2, -0.15) is 0 Å². The Labute approximate surface area is 131 Å². The van der Waals surface area contributed by atoms with Gasteiger partial charge in [0, 0.05) is 29.5 Å². The van der Waals surface area contributed by atoms with E-state index in [1.54, 1.807) is 0 Å². The van der Waals surface area contributed by atoms with Crippen molar-refractivity contribution in [2.75, 3.05) is 13.6 Å². The molecule has 4 atom stereocenters. The lowest BCUT2D eigenvalue weighted by Gasteiger charge is -2.44. The van der Waals surface area contributed by atoms with Crippen LogP contribution in [0.25, 0.3) is 0 Å². The van der Waals surface area contributed by atoms with Crippen LogP contribution >= 0.6 is 0 Å². The molecule has 0 spiro atoms. The zero-order valence-electron chi connectivity index (χ0n) is 13.2. The van der Waals surface area contributed by atoms with E-state index in [1.807, 2.05) is 6.07 Å². The molecule has 0 bridgehead atoms. The van der Waals surface area contributed by atoms with Crippen LogP contribution in [-0.4, -0.2) is 41.5 Å². The lowest BCUT2D eigenvalue weighted by molar-refractivity contribution is -0.130. The summed E-state index contributed by atoms with van der Waals surface area (Å²) < 4.78 is 6.07. The molecule has 1 heterocycles. The third-order valence-electron chi connectivity index (χ3n) is 5.93. The number of rotatable bonds is 3. The molecule has 0 saturated heterocycles. The average Bonchev–Trinajstić information content (AvgIpc) is 2.95. The van der Waals surface area contributed by atoms with Gasteiger partial charge >= 0.3 is 0 Å². The predicted octanol–water partition coefficient (Wildman–Crippen LogP) is 1.88. The molecule has 0 radical (unpaired) electrons. The maximum absolute atomic E-state index is 12.4. The number of carbonyl (C=O) groups is 1. The van der Waals surface area contributed by atoms with E-state index >= 15 is 0 Å². The minimum Gasteiger partial charge on any atom is -0.481 e. The second-order valence-corrected chi connectivity index (χ2v) is 6.86. The van der Waals surface area contributed by atoms with Crippen molar-refractivity contribution in [2.45, 2.75) is 50.9 Å². The number of likely N-dealkylation sites (N-methyl/N-ethyl adjacent to an activating group) is 1. The smallest absolute Gasteiger partial charge is 0.173 e. The quantitative estimate of drug-likeness (QED) is 0.926. The first kappa shape index (κ1) is 14.2. The van der Waals surface area contributed by atoms with E-state index < -0.39 is 0 Å². The average molecular weight is 301 g/mol. The summed E-state index contributed by atoms with van der Waals surface area (Å²) in [4.78, 5) is 14.8. The fourth-order valence-electron chi connectivity index (χ4n) is 4.71. The van der Waals surface area contributed by atoms with Crippen LogP contribution in [0.1, 0.15) is 42.4 Å². The molecular weight excluding hydrogens is 278 g/mol. The van der Waals surface area contributed by atoms with Gasteiger partial charge in [-0.1, -0.05) is 19.1 Å². The van der Waals surface area contributed by atoms with Crippen molar-refractivity contribution in [2.24, 2.45) is 5.92 Å². The summed E-state index contributed by atoms with van der Waals surface area (Å²) in [7, 11) is 2.18. The number of Topliss-reactive ketones (excluding diaryl/α,β-unsaturated/α-hetero) is 1. The molecule has 118 valence electrons. The monoisotopic (exact) mass is 301 g/mol. The summed E-state index contributed by atoms with van der Waals surface area (Å²) in [5, 5.41) is 9.58. The molecule has 4 heteroatoms. The summed E-state index contributed by atoms with van der Waals surface area (Å²) in [5.74, 6) is 1.70. The van der Waals surface area contributed by atoms with Crippen molar-refractivity contribution in [1.82, 2.24) is 4.90 Å². The maximum Gasteiger partial charge on any atom is 0.173 e. The van der Waals surface area contributed by atoms with E-state index in [2.05, 4.69) is 24.9 Å². The van der Waals surface area contributed by atoms with E-state index in [0.717, 1.165) is 30.7 Å². The number of hydrogen-bond donors (Lipinski definition) is 1. The van der Waals surface area contributed by atoms with Gasteiger partial charge in [-0.3, -0.25) is 4.79 Å². The summed E-state index contributed by atoms with van der Waals surface area (Å²) >= 11 is 0. The molecule has 1 fully saturated rings. The zero-order valence-corrected chi connectivity index (χ0v) is 13.2. The molecule has 2 unspecified atom stereocenters. The maximum atomic E-state index is 12.4. The molecule has 1 saturated carbocycles. The van der Waals surface area contributed by atoms with E-state index in [1.165, 1.54) is 11.1 Å². The van der Waals surface area contributed by atoms with Crippen molar-refractivity contribution in [3.8, 4) is 5.75 Å². The van der Waals surface area contributed by atoms with Gasteiger partial charge in [0.15, 0.2) is 11.9 Å². The Morgan fingerprint density at radius 3 is 2.95 bits per heavy atom. The second-order valence-electron chi connectivity index (χ2n) is 6.86. The van der Waals surface area contributed by atoms with Crippen molar-refractivity contribution >= 4 is 5.78 Å². The molecule has 3 aliphatic rings. The molecule has 1 N–H and O–H groups in total. The fourth-order valence-corrected chi connectivity index (χ4v) is 4.71. The van der Waals surface area contributed by atoms with Gasteiger partial charge in [-0.15, -0.1) is 0 Å². The number of aliphatic hydroxyl groups is 1. The summed E-state index contributed by atoms with van der Waals surface area (Å²) in [6, 6.07) is 4.56. The Hall–Kier alpha value is -1.39. The first-order valence-corrected chi connectivity index (χ1v) is 8.30. The molecule has 0 aromatic heterocycles. The zero-order chi connectivity index (χ0) is 15.4. The van der Waals surface area contributed by atoms with Crippen LogP contribution in [0.3, 0.4) is 0 Å². The number of ether oxygens (including phenoxy) is 1. The van der Waals surface area contributed by atoms with E-state index in [0.29, 0.717) is 18.4 Å². The van der Waals surface area contributed by atoms with Gasteiger partial charge in [0.25, 0.3) is 0 Å². The van der Waals surface area contributed by atoms with Crippen molar-refractivity contribution < 1.29 is 14.6 Å². The predicted molar refractivity (Wildman–Crippen MR) is 83.0 cm³/mol. The molecular formula is C18H23NO3. The summed E-state index contributed by atoms with van der Waals surface area (Å²) in [6.45, 7) is 3.18. The topological polar surface area (TPSA) is 49.8 Å². The fraction of sp³-hybridized carbons (Fsp3) is 0.611. The highest BCUT2D eigenvalue weighted by molar-refractivity contribution is 5.87. The highest BCUT2D eigenvalue weighted by atomic mass is 16.5. The van der Waals surface area contributed by atoms with E-state index in [4.69, 9.17) is 4.74 Å².